The fourth-order valence-electron chi connectivity index (χ4n) is 1.21. The third-order valence-electron chi connectivity index (χ3n) is 1.85. The van der Waals surface area contributed by atoms with Crippen molar-refractivity contribution in [1.82, 2.24) is 20.0 Å². The molecule has 0 aliphatic carbocycles. The van der Waals surface area contributed by atoms with Gasteiger partial charge in [0.25, 0.3) is 5.82 Å². The predicted octanol–water partition coefficient (Wildman–Crippen LogP) is 1.47. The van der Waals surface area contributed by atoms with Gasteiger partial charge in [-0.25, -0.2) is 4.68 Å². The first kappa shape index (κ1) is 9.66. The van der Waals surface area contributed by atoms with Crippen molar-refractivity contribution in [3.8, 4) is 5.82 Å². The van der Waals surface area contributed by atoms with Crippen molar-refractivity contribution >= 4 is 17.3 Å². The number of nitro groups is 1. The molecule has 7 nitrogen and oxygen atoms in total. The van der Waals surface area contributed by atoms with Gasteiger partial charge < -0.3 is 0 Å². The van der Waals surface area contributed by atoms with Gasteiger partial charge in [-0.3, -0.25) is 15.2 Å². The molecule has 2 aromatic rings. The Hall–Kier alpha value is -1.89. The molecule has 2 aromatic heterocycles. The van der Waals surface area contributed by atoms with Gasteiger partial charge in [-0.05, 0) is 6.92 Å². The van der Waals surface area contributed by atoms with Crippen molar-refractivity contribution < 1.29 is 4.92 Å². The van der Waals surface area contributed by atoms with Crippen molar-refractivity contribution in [3.05, 3.63) is 33.2 Å². The zero-order chi connectivity index (χ0) is 11.0. The number of hydrogen-bond acceptors (Lipinski definition) is 4. The molecule has 0 bridgehead atoms. The molecule has 0 fully saturated rings. The topological polar surface area (TPSA) is 89.6 Å². The van der Waals surface area contributed by atoms with Crippen LogP contribution in [-0.2, 0) is 0 Å². The predicted molar refractivity (Wildman–Crippen MR) is 52.1 cm³/mol. The van der Waals surface area contributed by atoms with Crippen molar-refractivity contribution in [3.63, 3.8) is 0 Å². The van der Waals surface area contributed by atoms with Crippen LogP contribution in [0.3, 0.4) is 0 Å². The van der Waals surface area contributed by atoms with Gasteiger partial charge >= 0.3 is 5.69 Å². The van der Waals surface area contributed by atoms with E-state index in [0.29, 0.717) is 10.7 Å². The highest BCUT2D eigenvalue weighted by atomic mass is 35.5. The van der Waals surface area contributed by atoms with Crippen LogP contribution in [0.1, 0.15) is 5.69 Å². The van der Waals surface area contributed by atoms with Gasteiger partial charge in [0.05, 0.1) is 22.3 Å². The Morgan fingerprint density at radius 3 is 2.93 bits per heavy atom. The summed E-state index contributed by atoms with van der Waals surface area (Å²) in [5.74, 6) is 0.129. The molecule has 0 unspecified atom stereocenters. The van der Waals surface area contributed by atoms with E-state index in [0.717, 1.165) is 0 Å². The Kier molecular flexibility index (Phi) is 2.16. The van der Waals surface area contributed by atoms with E-state index in [1.165, 1.54) is 17.1 Å². The summed E-state index contributed by atoms with van der Waals surface area (Å²) in [5, 5.41) is 21.3. The molecule has 0 aliphatic heterocycles. The van der Waals surface area contributed by atoms with Crippen LogP contribution in [0.25, 0.3) is 5.82 Å². The molecule has 0 radical (unpaired) electrons. The van der Waals surface area contributed by atoms with Crippen molar-refractivity contribution in [1.29, 1.82) is 0 Å². The summed E-state index contributed by atoms with van der Waals surface area (Å²) in [7, 11) is 0. The number of rotatable bonds is 2. The largest absolute Gasteiger partial charge is 0.335 e. The first-order chi connectivity index (χ1) is 7.09. The molecule has 1 N–H and O–H groups in total. The maximum absolute atomic E-state index is 10.8. The lowest BCUT2D eigenvalue weighted by Gasteiger charge is -1.94. The number of nitrogens with zero attached hydrogens (tertiary/aromatic N) is 4. The van der Waals surface area contributed by atoms with Crippen LogP contribution < -0.4 is 0 Å². The van der Waals surface area contributed by atoms with Crippen molar-refractivity contribution in [2.24, 2.45) is 0 Å². The highest BCUT2D eigenvalue weighted by Gasteiger charge is 2.23. The fourth-order valence-corrected chi connectivity index (χ4v) is 1.34. The van der Waals surface area contributed by atoms with Gasteiger partial charge in [-0.1, -0.05) is 11.6 Å². The molecule has 78 valence electrons. The summed E-state index contributed by atoms with van der Waals surface area (Å²) >= 11 is 5.66. The van der Waals surface area contributed by atoms with E-state index >= 15 is 0 Å². The molecular weight excluding hydrogens is 222 g/mol. The second kappa shape index (κ2) is 3.35. The maximum Gasteiger partial charge on any atom is 0.335 e. The summed E-state index contributed by atoms with van der Waals surface area (Å²) in [6.07, 6.45) is 2.83. The first-order valence-corrected chi connectivity index (χ1v) is 4.37. The molecule has 2 rings (SSSR count). The van der Waals surface area contributed by atoms with Gasteiger partial charge in [0.1, 0.15) is 5.69 Å². The summed E-state index contributed by atoms with van der Waals surface area (Å²) in [6.45, 7) is 1.57. The average molecular weight is 228 g/mol. The zero-order valence-corrected chi connectivity index (χ0v) is 8.39. The zero-order valence-electron chi connectivity index (χ0n) is 7.64. The average Bonchev–Trinajstić information content (AvgIpc) is 2.71. The second-order valence-corrected chi connectivity index (χ2v) is 3.32. The number of aromatic nitrogens is 4. The SMILES string of the molecule is Cc1[nH]nc(-n2cc(Cl)cn2)c1[N+](=O)[O-]. The van der Waals surface area contributed by atoms with Gasteiger partial charge in [0.2, 0.25) is 0 Å². The lowest BCUT2D eigenvalue weighted by molar-refractivity contribution is -0.385. The monoisotopic (exact) mass is 227 g/mol. The van der Waals surface area contributed by atoms with E-state index in [1.54, 1.807) is 6.92 Å². The van der Waals surface area contributed by atoms with Crippen LogP contribution in [-0.4, -0.2) is 24.9 Å². The molecule has 0 aliphatic rings. The Morgan fingerprint density at radius 2 is 2.40 bits per heavy atom. The van der Waals surface area contributed by atoms with Crippen LogP contribution >= 0.6 is 11.6 Å². The molecular formula is C7H6ClN5O2. The smallest absolute Gasteiger partial charge is 0.273 e. The van der Waals surface area contributed by atoms with Gasteiger partial charge in [0.15, 0.2) is 0 Å². The normalized spacial score (nSPS) is 10.5. The number of aryl methyl sites for hydroxylation is 1. The molecule has 0 saturated carbocycles. The molecule has 2 heterocycles. The number of hydrogen-bond donors (Lipinski definition) is 1. The minimum atomic E-state index is -0.510. The Morgan fingerprint density at radius 1 is 1.67 bits per heavy atom. The minimum absolute atomic E-state index is 0.102. The van der Waals surface area contributed by atoms with Crippen molar-refractivity contribution in [2.75, 3.05) is 0 Å². The molecule has 0 spiro atoms. The molecule has 0 amide bonds. The third-order valence-corrected chi connectivity index (χ3v) is 2.04. The fraction of sp³-hybridized carbons (Fsp3) is 0.143. The molecule has 0 saturated heterocycles. The third kappa shape index (κ3) is 1.57. The van der Waals surface area contributed by atoms with Crippen molar-refractivity contribution in [2.45, 2.75) is 6.92 Å². The minimum Gasteiger partial charge on any atom is -0.273 e. The molecule has 0 atom stereocenters. The number of nitrogens with one attached hydrogen (secondary N) is 1. The lowest BCUT2D eigenvalue weighted by atomic mass is 10.4. The maximum atomic E-state index is 10.8. The van der Waals surface area contributed by atoms with E-state index in [-0.39, 0.29) is 11.5 Å². The first-order valence-electron chi connectivity index (χ1n) is 3.99. The lowest BCUT2D eigenvalue weighted by Crippen LogP contribution is -1.99. The van der Waals surface area contributed by atoms with Gasteiger partial charge in [0, 0.05) is 0 Å². The van der Waals surface area contributed by atoms with E-state index in [1.807, 2.05) is 0 Å². The van der Waals surface area contributed by atoms with Crippen LogP contribution in [0.5, 0.6) is 0 Å². The van der Waals surface area contributed by atoms with E-state index < -0.39 is 4.92 Å². The summed E-state index contributed by atoms with van der Waals surface area (Å²) in [6, 6.07) is 0. The van der Waals surface area contributed by atoms with Crippen LogP contribution in [0.15, 0.2) is 12.4 Å². The number of halogens is 1. The van der Waals surface area contributed by atoms with Gasteiger partial charge in [-0.2, -0.15) is 5.10 Å². The molecule has 15 heavy (non-hydrogen) atoms. The summed E-state index contributed by atoms with van der Waals surface area (Å²) < 4.78 is 1.25. The van der Waals surface area contributed by atoms with Crippen LogP contribution in [0.2, 0.25) is 5.02 Å². The summed E-state index contributed by atoms with van der Waals surface area (Å²) in [5.41, 5.74) is 0.274. The number of H-pyrrole nitrogens is 1. The summed E-state index contributed by atoms with van der Waals surface area (Å²) in [4.78, 5) is 10.2. The van der Waals surface area contributed by atoms with E-state index in [4.69, 9.17) is 11.6 Å². The number of aromatic amines is 1. The highest BCUT2D eigenvalue weighted by molar-refractivity contribution is 6.30. The Bertz CT molecular complexity index is 517. The highest BCUT2D eigenvalue weighted by Crippen LogP contribution is 2.23. The Balaban J connectivity index is 2.58. The van der Waals surface area contributed by atoms with E-state index in [2.05, 4.69) is 15.3 Å². The van der Waals surface area contributed by atoms with E-state index in [9.17, 15) is 10.1 Å². The molecule has 0 aromatic carbocycles. The van der Waals surface area contributed by atoms with Gasteiger partial charge in [-0.15, -0.1) is 5.10 Å². The second-order valence-electron chi connectivity index (χ2n) is 2.88. The van der Waals surface area contributed by atoms with Crippen LogP contribution in [0.4, 0.5) is 5.69 Å². The Labute approximate surface area is 88.8 Å². The molecule has 8 heteroatoms. The quantitative estimate of drug-likeness (QED) is 0.621. The van der Waals surface area contributed by atoms with Crippen LogP contribution in [0, 0.1) is 17.0 Å². The standard InChI is InChI=1S/C7H6ClN5O2/c1-4-6(13(14)15)7(11-10-4)12-3-5(8)2-9-12/h2-3H,1H3,(H,10,11).